The van der Waals surface area contributed by atoms with Crippen LogP contribution < -0.4 is 4.90 Å². The van der Waals surface area contributed by atoms with Crippen molar-refractivity contribution in [3.63, 3.8) is 0 Å². The molecular formula is C17H22N4O2S2. The molecule has 0 saturated carbocycles. The summed E-state index contributed by atoms with van der Waals surface area (Å²) in [6.07, 6.45) is 2.63. The lowest BCUT2D eigenvalue weighted by atomic mass is 10.0. The Hall–Kier alpha value is -1.51. The van der Waals surface area contributed by atoms with E-state index in [9.17, 15) is 4.79 Å². The predicted octanol–water partition coefficient (Wildman–Crippen LogP) is 2.20. The Kier molecular flexibility index (Phi) is 5.00. The molecule has 0 aromatic carbocycles. The lowest BCUT2D eigenvalue weighted by molar-refractivity contribution is -0.135. The predicted molar refractivity (Wildman–Crippen MR) is 99.2 cm³/mol. The van der Waals surface area contributed by atoms with Crippen LogP contribution in [-0.2, 0) is 28.9 Å². The van der Waals surface area contributed by atoms with Gasteiger partial charge in [-0.2, -0.15) is 4.37 Å². The Morgan fingerprint density at radius 2 is 2.36 bits per heavy atom. The molecule has 8 heteroatoms. The molecule has 1 fully saturated rings. The molecule has 1 saturated heterocycles. The van der Waals surface area contributed by atoms with Crippen molar-refractivity contribution in [1.29, 1.82) is 0 Å². The molecule has 1 atom stereocenters. The number of carbonyl (C=O) groups is 1. The molecule has 2 aliphatic rings. The van der Waals surface area contributed by atoms with Crippen LogP contribution in [0.5, 0.6) is 0 Å². The van der Waals surface area contributed by atoms with Crippen molar-refractivity contribution < 1.29 is 9.53 Å². The zero-order chi connectivity index (χ0) is 17.2. The van der Waals surface area contributed by atoms with Crippen molar-refractivity contribution in [2.75, 3.05) is 38.3 Å². The molecular weight excluding hydrogens is 356 g/mol. The first-order chi connectivity index (χ1) is 12.2. The van der Waals surface area contributed by atoms with Gasteiger partial charge >= 0.3 is 0 Å². The fourth-order valence-corrected chi connectivity index (χ4v) is 5.13. The average molecular weight is 379 g/mol. The summed E-state index contributed by atoms with van der Waals surface area (Å²) >= 11 is 3.23. The van der Waals surface area contributed by atoms with Crippen molar-refractivity contribution >= 4 is 33.9 Å². The fraction of sp³-hybridized carbons (Fsp3) is 0.588. The number of fused-ring (bicyclic) bond motifs is 1. The fourth-order valence-electron chi connectivity index (χ4n) is 3.50. The van der Waals surface area contributed by atoms with E-state index in [4.69, 9.17) is 4.74 Å². The maximum absolute atomic E-state index is 12.9. The van der Waals surface area contributed by atoms with Gasteiger partial charge in [0.25, 0.3) is 0 Å². The number of methoxy groups -OCH3 is 1. The Labute approximate surface area is 155 Å². The van der Waals surface area contributed by atoms with E-state index >= 15 is 0 Å². The summed E-state index contributed by atoms with van der Waals surface area (Å²) in [6.45, 7) is 3.89. The Balaban J connectivity index is 1.36. The van der Waals surface area contributed by atoms with Crippen LogP contribution in [0.2, 0.25) is 0 Å². The summed E-state index contributed by atoms with van der Waals surface area (Å²) in [4.78, 5) is 23.2. The van der Waals surface area contributed by atoms with Gasteiger partial charge in [-0.3, -0.25) is 4.79 Å². The second-order valence-corrected chi connectivity index (χ2v) is 8.28. The number of amides is 1. The van der Waals surface area contributed by atoms with Gasteiger partial charge in [-0.25, -0.2) is 4.98 Å². The molecule has 4 rings (SSSR count). The molecule has 4 heterocycles. The number of hydrogen-bond acceptors (Lipinski definition) is 7. The highest BCUT2D eigenvalue weighted by atomic mass is 32.1. The molecule has 1 amide bonds. The van der Waals surface area contributed by atoms with Gasteiger partial charge in [0, 0.05) is 56.1 Å². The van der Waals surface area contributed by atoms with Crippen LogP contribution in [0.1, 0.15) is 22.7 Å². The maximum Gasteiger partial charge on any atom is 0.227 e. The largest absolute Gasteiger partial charge is 0.384 e. The van der Waals surface area contributed by atoms with Gasteiger partial charge in [0.05, 0.1) is 12.5 Å². The second-order valence-electron chi connectivity index (χ2n) is 6.55. The highest BCUT2D eigenvalue weighted by Gasteiger charge is 2.34. The third kappa shape index (κ3) is 3.56. The van der Waals surface area contributed by atoms with Gasteiger partial charge in [0.15, 0.2) is 0 Å². The SMILES string of the molecule is COCCc1nsc(N2CCC(C(=O)N3CCc4sccc4C3)C2)n1. The van der Waals surface area contributed by atoms with E-state index in [2.05, 4.69) is 25.7 Å². The third-order valence-electron chi connectivity index (χ3n) is 4.91. The minimum Gasteiger partial charge on any atom is -0.384 e. The normalized spacial score (nSPS) is 20.1. The molecule has 0 radical (unpaired) electrons. The van der Waals surface area contributed by atoms with E-state index < -0.39 is 0 Å². The molecule has 6 nitrogen and oxygen atoms in total. The maximum atomic E-state index is 12.9. The smallest absolute Gasteiger partial charge is 0.227 e. The number of carbonyl (C=O) groups excluding carboxylic acids is 1. The van der Waals surface area contributed by atoms with Crippen LogP contribution in [0.4, 0.5) is 5.13 Å². The minimum absolute atomic E-state index is 0.0755. The first-order valence-electron chi connectivity index (χ1n) is 8.65. The van der Waals surface area contributed by atoms with Crippen molar-refractivity contribution in [3.05, 3.63) is 27.7 Å². The summed E-state index contributed by atoms with van der Waals surface area (Å²) in [5.74, 6) is 1.20. The van der Waals surface area contributed by atoms with Crippen molar-refractivity contribution in [1.82, 2.24) is 14.3 Å². The lowest BCUT2D eigenvalue weighted by Gasteiger charge is -2.29. The number of ether oxygens (including phenoxy) is 1. The molecule has 0 bridgehead atoms. The Morgan fingerprint density at radius 3 is 3.24 bits per heavy atom. The quantitative estimate of drug-likeness (QED) is 0.798. The second kappa shape index (κ2) is 7.39. The molecule has 2 aromatic heterocycles. The van der Waals surface area contributed by atoms with Crippen LogP contribution >= 0.6 is 22.9 Å². The molecule has 0 aliphatic carbocycles. The van der Waals surface area contributed by atoms with Crippen molar-refractivity contribution in [3.8, 4) is 0 Å². The van der Waals surface area contributed by atoms with E-state index in [1.54, 1.807) is 7.11 Å². The van der Waals surface area contributed by atoms with Gasteiger partial charge in [0.2, 0.25) is 11.0 Å². The van der Waals surface area contributed by atoms with Crippen LogP contribution in [0.3, 0.4) is 0 Å². The Morgan fingerprint density at radius 1 is 1.44 bits per heavy atom. The van der Waals surface area contributed by atoms with Gasteiger partial charge in [0.1, 0.15) is 5.82 Å². The van der Waals surface area contributed by atoms with Gasteiger partial charge < -0.3 is 14.5 Å². The number of aromatic nitrogens is 2. The summed E-state index contributed by atoms with van der Waals surface area (Å²) in [6, 6.07) is 2.16. The lowest BCUT2D eigenvalue weighted by Crippen LogP contribution is -2.40. The molecule has 2 aliphatic heterocycles. The minimum atomic E-state index is 0.0755. The first kappa shape index (κ1) is 16.9. The number of rotatable bonds is 5. The molecule has 134 valence electrons. The number of anilines is 1. The number of nitrogens with zero attached hydrogens (tertiary/aromatic N) is 4. The Bertz CT molecular complexity index is 745. The molecule has 0 N–H and O–H groups in total. The van der Waals surface area contributed by atoms with Crippen molar-refractivity contribution in [2.24, 2.45) is 5.92 Å². The van der Waals surface area contributed by atoms with Gasteiger partial charge in [-0.15, -0.1) is 11.3 Å². The number of hydrogen-bond donors (Lipinski definition) is 0. The summed E-state index contributed by atoms with van der Waals surface area (Å²) in [5.41, 5.74) is 1.33. The van der Waals surface area contributed by atoms with Crippen molar-refractivity contribution in [2.45, 2.75) is 25.8 Å². The molecule has 1 unspecified atom stereocenters. The standard InChI is InChI=1S/C17H22N4O2S2/c1-23-8-4-15-18-17(25-19-15)21-6-2-13(11-21)16(22)20-7-3-14-12(10-20)5-9-24-14/h5,9,13H,2-4,6-8,10-11H2,1H3. The average Bonchev–Trinajstić information content (AvgIpc) is 3.38. The van der Waals surface area contributed by atoms with Crippen LogP contribution in [-0.4, -0.2) is 53.5 Å². The van der Waals surface area contributed by atoms with Crippen LogP contribution in [0.25, 0.3) is 0 Å². The molecule has 0 spiro atoms. The topological polar surface area (TPSA) is 58.6 Å². The molecule has 2 aromatic rings. The summed E-state index contributed by atoms with van der Waals surface area (Å²) in [5, 5.41) is 3.06. The van der Waals surface area contributed by atoms with E-state index in [0.29, 0.717) is 12.5 Å². The first-order valence-corrected chi connectivity index (χ1v) is 10.3. The van der Waals surface area contributed by atoms with Gasteiger partial charge in [-0.1, -0.05) is 0 Å². The number of thiophene rings is 1. The van der Waals surface area contributed by atoms with Gasteiger partial charge in [-0.05, 0) is 29.9 Å². The van der Waals surface area contributed by atoms with E-state index in [1.807, 2.05) is 16.2 Å². The summed E-state index contributed by atoms with van der Waals surface area (Å²) < 4.78 is 9.47. The van der Waals surface area contributed by atoms with E-state index in [1.165, 1.54) is 22.0 Å². The monoisotopic (exact) mass is 378 g/mol. The summed E-state index contributed by atoms with van der Waals surface area (Å²) in [7, 11) is 1.68. The highest BCUT2D eigenvalue weighted by Crippen LogP contribution is 2.29. The third-order valence-corrected chi connectivity index (χ3v) is 6.75. The van der Waals surface area contributed by atoms with E-state index in [-0.39, 0.29) is 5.92 Å². The highest BCUT2D eigenvalue weighted by molar-refractivity contribution is 7.10. The van der Waals surface area contributed by atoms with Crippen LogP contribution in [0, 0.1) is 5.92 Å². The zero-order valence-electron chi connectivity index (χ0n) is 14.3. The van der Waals surface area contributed by atoms with E-state index in [0.717, 1.165) is 56.4 Å². The molecule has 25 heavy (non-hydrogen) atoms. The van der Waals surface area contributed by atoms with Crippen LogP contribution in [0.15, 0.2) is 11.4 Å². The zero-order valence-corrected chi connectivity index (χ0v) is 15.9.